The van der Waals surface area contributed by atoms with Crippen LogP contribution in [-0.2, 0) is 4.57 Å². The molecule has 2 aliphatic rings. The molecule has 2 heterocycles. The zero-order chi connectivity index (χ0) is 15.9. The van der Waals surface area contributed by atoms with Crippen LogP contribution in [0.3, 0.4) is 0 Å². The average Bonchev–Trinajstić information content (AvgIpc) is 3.53. The second-order valence-electron chi connectivity index (χ2n) is 6.38. The largest absolute Gasteiger partial charge is 0.271 e. The van der Waals surface area contributed by atoms with Crippen molar-refractivity contribution < 1.29 is 4.57 Å². The number of hydrogen-bond donors (Lipinski definition) is 0. The molecule has 0 aliphatic carbocycles. The number of nitrogens with zero attached hydrogens (tertiary/aromatic N) is 2. The number of benzene rings is 2. The number of hydrogen-bond acceptors (Lipinski definition) is 3. The summed E-state index contributed by atoms with van der Waals surface area (Å²) in [5.74, 6) is 0. The fourth-order valence-electron chi connectivity index (χ4n) is 3.73. The van der Waals surface area contributed by atoms with Crippen molar-refractivity contribution in [2.24, 2.45) is 0 Å². The van der Waals surface area contributed by atoms with Crippen molar-refractivity contribution >= 4 is 8.46 Å². The first-order chi connectivity index (χ1) is 11.3. The van der Waals surface area contributed by atoms with Crippen molar-refractivity contribution in [1.82, 2.24) is 9.80 Å². The molecule has 2 fully saturated rings. The molecular formula is C19H21N2OP. The number of rotatable bonds is 6. The fraction of sp³-hybridized carbons (Fsp3) is 0.368. The molecule has 0 saturated carbocycles. The molecule has 0 amide bonds. The van der Waals surface area contributed by atoms with Crippen LogP contribution in [0.2, 0.25) is 0 Å². The third kappa shape index (κ3) is 2.53. The lowest BCUT2D eigenvalue weighted by Crippen LogP contribution is -2.40. The van der Waals surface area contributed by atoms with E-state index in [1.54, 1.807) is 0 Å². The Kier molecular flexibility index (Phi) is 3.81. The Balaban J connectivity index is 1.56. The van der Waals surface area contributed by atoms with E-state index in [-0.39, 0.29) is 13.9 Å². The summed E-state index contributed by atoms with van der Waals surface area (Å²) in [7, 11) is 0.213. The van der Waals surface area contributed by atoms with Crippen LogP contribution in [0.25, 0.3) is 0 Å². The average molecular weight is 324 g/mol. The van der Waals surface area contributed by atoms with E-state index in [1.807, 2.05) is 12.1 Å². The molecule has 4 rings (SSSR count). The van der Waals surface area contributed by atoms with Crippen LogP contribution in [-0.4, -0.2) is 28.3 Å². The SMILES string of the molecule is CCC(P=O)(N1CC1c1ccccc1)N1CC1c1ccccc1. The van der Waals surface area contributed by atoms with Crippen molar-refractivity contribution in [3.8, 4) is 0 Å². The van der Waals surface area contributed by atoms with Gasteiger partial charge in [0.2, 0.25) is 0 Å². The van der Waals surface area contributed by atoms with Gasteiger partial charge in [-0.25, -0.2) is 0 Å². The summed E-state index contributed by atoms with van der Waals surface area (Å²) in [5.41, 5.74) is 2.65. The van der Waals surface area contributed by atoms with Crippen LogP contribution in [0.1, 0.15) is 36.6 Å². The Morgan fingerprint density at radius 1 is 0.913 bits per heavy atom. The van der Waals surface area contributed by atoms with E-state index in [9.17, 15) is 4.57 Å². The highest BCUT2D eigenvalue weighted by molar-refractivity contribution is 7.25. The highest BCUT2D eigenvalue weighted by atomic mass is 31.1. The maximum atomic E-state index is 12.2. The molecule has 118 valence electrons. The van der Waals surface area contributed by atoms with Gasteiger partial charge in [-0.15, -0.1) is 0 Å². The minimum absolute atomic E-state index is 0.213. The van der Waals surface area contributed by atoms with Crippen LogP contribution in [0.4, 0.5) is 0 Å². The predicted molar refractivity (Wildman–Crippen MR) is 92.4 cm³/mol. The standard InChI is InChI=1S/C19H21N2OP/c1-2-19(23-22,20-13-17(20)15-9-5-3-6-10-15)21-14-18(21)16-11-7-4-8-12-16/h3-12,17-18H,2,13-14H2,1H3. The molecule has 23 heavy (non-hydrogen) atoms. The first kappa shape index (κ1) is 15.0. The van der Waals surface area contributed by atoms with Gasteiger partial charge in [-0.05, 0) is 17.5 Å². The normalized spacial score (nSPS) is 31.5. The summed E-state index contributed by atoms with van der Waals surface area (Å²) in [6, 6.07) is 21.9. The van der Waals surface area contributed by atoms with Gasteiger partial charge in [0, 0.05) is 13.1 Å². The van der Waals surface area contributed by atoms with Crippen LogP contribution < -0.4 is 0 Å². The third-order valence-electron chi connectivity index (χ3n) is 5.13. The molecular weight excluding hydrogens is 303 g/mol. The quantitative estimate of drug-likeness (QED) is 0.579. The van der Waals surface area contributed by atoms with Gasteiger partial charge < -0.3 is 0 Å². The van der Waals surface area contributed by atoms with Crippen LogP contribution in [0, 0.1) is 0 Å². The lowest BCUT2D eigenvalue weighted by atomic mass is 10.1. The zero-order valence-electron chi connectivity index (χ0n) is 13.3. The summed E-state index contributed by atoms with van der Waals surface area (Å²) < 4.78 is 12.2. The van der Waals surface area contributed by atoms with Gasteiger partial charge in [0.1, 0.15) is 0 Å². The lowest BCUT2D eigenvalue weighted by molar-refractivity contribution is 0.163. The monoisotopic (exact) mass is 324 g/mol. The Labute approximate surface area is 139 Å². The molecule has 0 radical (unpaired) electrons. The summed E-state index contributed by atoms with van der Waals surface area (Å²) in [4.78, 5) is 4.78. The topological polar surface area (TPSA) is 23.1 Å². The molecule has 0 N–H and O–H groups in total. The van der Waals surface area contributed by atoms with Gasteiger partial charge >= 0.3 is 0 Å². The molecule has 2 saturated heterocycles. The van der Waals surface area contributed by atoms with E-state index in [2.05, 4.69) is 65.3 Å². The lowest BCUT2D eigenvalue weighted by Gasteiger charge is -2.30. The van der Waals surface area contributed by atoms with Crippen LogP contribution >= 0.6 is 8.46 Å². The predicted octanol–water partition coefficient (Wildman–Crippen LogP) is 4.46. The van der Waals surface area contributed by atoms with Gasteiger partial charge in [0.15, 0.2) is 13.9 Å². The summed E-state index contributed by atoms with van der Waals surface area (Å²) in [5, 5.41) is -0.360. The van der Waals surface area contributed by atoms with E-state index in [1.165, 1.54) is 11.1 Å². The minimum atomic E-state index is -0.360. The second-order valence-corrected chi connectivity index (χ2v) is 7.28. The van der Waals surface area contributed by atoms with Gasteiger partial charge in [0.05, 0.1) is 12.1 Å². The van der Waals surface area contributed by atoms with Gasteiger partial charge in [-0.3, -0.25) is 14.4 Å². The van der Waals surface area contributed by atoms with E-state index in [0.717, 1.165) is 19.5 Å². The molecule has 2 aromatic carbocycles. The molecule has 2 aromatic rings. The summed E-state index contributed by atoms with van der Waals surface area (Å²) >= 11 is 0. The zero-order valence-corrected chi connectivity index (χ0v) is 14.2. The third-order valence-corrected chi connectivity index (χ3v) is 6.26. The van der Waals surface area contributed by atoms with Crippen molar-refractivity contribution in [2.75, 3.05) is 13.1 Å². The fourth-order valence-corrected chi connectivity index (χ4v) is 4.51. The molecule has 4 atom stereocenters. The Morgan fingerprint density at radius 3 is 1.70 bits per heavy atom. The molecule has 3 nitrogen and oxygen atoms in total. The first-order valence-corrected chi connectivity index (χ1v) is 9.09. The first-order valence-electron chi connectivity index (χ1n) is 8.28. The van der Waals surface area contributed by atoms with Crippen molar-refractivity contribution in [3.05, 3.63) is 71.8 Å². The van der Waals surface area contributed by atoms with Crippen molar-refractivity contribution in [3.63, 3.8) is 0 Å². The van der Waals surface area contributed by atoms with E-state index < -0.39 is 0 Å². The van der Waals surface area contributed by atoms with Crippen LogP contribution in [0.5, 0.6) is 0 Å². The molecule has 0 bridgehead atoms. The summed E-state index contributed by atoms with van der Waals surface area (Å²) in [6.07, 6.45) is 0.866. The highest BCUT2D eigenvalue weighted by Gasteiger charge is 2.60. The summed E-state index contributed by atoms with van der Waals surface area (Å²) in [6.45, 7) is 4.13. The minimum Gasteiger partial charge on any atom is -0.271 e. The van der Waals surface area contributed by atoms with Crippen molar-refractivity contribution in [1.29, 1.82) is 0 Å². The Hall–Kier alpha value is -1.54. The van der Waals surface area contributed by atoms with E-state index in [4.69, 9.17) is 0 Å². The molecule has 4 unspecified atom stereocenters. The smallest absolute Gasteiger partial charge is 0.194 e. The highest BCUT2D eigenvalue weighted by Crippen LogP contribution is 2.56. The van der Waals surface area contributed by atoms with Gasteiger partial charge in [-0.1, -0.05) is 67.6 Å². The molecule has 4 heteroatoms. The molecule has 2 aliphatic heterocycles. The maximum absolute atomic E-state index is 12.2. The van der Waals surface area contributed by atoms with Crippen molar-refractivity contribution in [2.45, 2.75) is 30.8 Å². The van der Waals surface area contributed by atoms with Gasteiger partial charge in [-0.2, -0.15) is 0 Å². The van der Waals surface area contributed by atoms with E-state index in [0.29, 0.717) is 12.1 Å². The Morgan fingerprint density at radius 2 is 1.35 bits per heavy atom. The Bertz CT molecular complexity index is 638. The molecule has 0 spiro atoms. The maximum Gasteiger partial charge on any atom is 0.194 e. The molecule has 0 aromatic heterocycles. The second kappa shape index (κ2) is 5.83. The van der Waals surface area contributed by atoms with Crippen LogP contribution in [0.15, 0.2) is 60.7 Å². The van der Waals surface area contributed by atoms with E-state index >= 15 is 0 Å². The van der Waals surface area contributed by atoms with Gasteiger partial charge in [0.25, 0.3) is 0 Å².